The molecule has 2 aromatic carbocycles. The maximum atomic E-state index is 13.4. The average molecular weight is 436 g/mol. The molecule has 0 bridgehead atoms. The molecular formula is C20H21NO6S2. The molecule has 29 heavy (non-hydrogen) atoms. The number of fused-ring (bicyclic) bond motifs is 2. The third kappa shape index (κ3) is 3.64. The molecule has 0 saturated heterocycles. The molecule has 2 heterocycles. The SMILES string of the molecule is CCOC(=O)C1SCCN(S(=O)(=O)c2ccc(C)cc2)c2cc3c(cc21)OCO3. The molecule has 2 aliphatic rings. The van der Waals surface area contributed by atoms with Gasteiger partial charge in [-0.3, -0.25) is 9.10 Å². The van der Waals surface area contributed by atoms with Crippen LogP contribution in [0.25, 0.3) is 0 Å². The average Bonchev–Trinajstić information content (AvgIpc) is 3.06. The summed E-state index contributed by atoms with van der Waals surface area (Å²) in [5, 5.41) is -0.641. The van der Waals surface area contributed by atoms with E-state index < -0.39 is 21.2 Å². The first-order valence-electron chi connectivity index (χ1n) is 9.23. The van der Waals surface area contributed by atoms with Gasteiger partial charge >= 0.3 is 5.97 Å². The number of thioether (sulfide) groups is 1. The van der Waals surface area contributed by atoms with Crippen LogP contribution in [0.3, 0.4) is 0 Å². The van der Waals surface area contributed by atoms with E-state index in [9.17, 15) is 13.2 Å². The first-order chi connectivity index (χ1) is 13.9. The van der Waals surface area contributed by atoms with Crippen LogP contribution in [-0.4, -0.2) is 40.1 Å². The maximum Gasteiger partial charge on any atom is 0.323 e. The summed E-state index contributed by atoms with van der Waals surface area (Å²) in [6.45, 7) is 4.18. The molecule has 0 aliphatic carbocycles. The summed E-state index contributed by atoms with van der Waals surface area (Å²) in [6.07, 6.45) is 0. The molecule has 2 aliphatic heterocycles. The third-order valence-corrected chi connectivity index (χ3v) is 7.79. The Balaban J connectivity index is 1.85. The van der Waals surface area contributed by atoms with Gasteiger partial charge in [-0.05, 0) is 32.0 Å². The summed E-state index contributed by atoms with van der Waals surface area (Å²) in [4.78, 5) is 12.8. The molecule has 4 rings (SSSR count). The number of anilines is 1. The van der Waals surface area contributed by atoms with Crippen molar-refractivity contribution < 1.29 is 27.4 Å². The van der Waals surface area contributed by atoms with E-state index in [1.54, 1.807) is 43.3 Å². The Kier molecular flexibility index (Phi) is 5.35. The van der Waals surface area contributed by atoms with Crippen LogP contribution in [-0.2, 0) is 19.6 Å². The van der Waals surface area contributed by atoms with Crippen LogP contribution in [0.1, 0.15) is 23.3 Å². The highest BCUT2D eigenvalue weighted by atomic mass is 32.2. The molecule has 0 saturated carbocycles. The Bertz CT molecular complexity index is 1040. The summed E-state index contributed by atoms with van der Waals surface area (Å²) < 4.78 is 44.4. The number of rotatable bonds is 4. The van der Waals surface area contributed by atoms with Gasteiger partial charge in [0.2, 0.25) is 6.79 Å². The number of aryl methyl sites for hydroxylation is 1. The largest absolute Gasteiger partial charge is 0.465 e. The lowest BCUT2D eigenvalue weighted by molar-refractivity contribution is -0.142. The molecule has 2 aromatic rings. The third-order valence-electron chi connectivity index (χ3n) is 4.76. The van der Waals surface area contributed by atoms with Gasteiger partial charge < -0.3 is 14.2 Å². The normalized spacial score (nSPS) is 18.1. The molecule has 0 radical (unpaired) electrons. The van der Waals surface area contributed by atoms with Crippen molar-refractivity contribution in [3.05, 3.63) is 47.5 Å². The summed E-state index contributed by atoms with van der Waals surface area (Å²) in [6, 6.07) is 10.1. The topological polar surface area (TPSA) is 82.1 Å². The molecule has 0 aromatic heterocycles. The Labute approximate surface area is 174 Å². The molecule has 7 nitrogen and oxygen atoms in total. The van der Waals surface area contributed by atoms with Crippen molar-refractivity contribution >= 4 is 33.4 Å². The molecule has 1 atom stereocenters. The standard InChI is InChI=1S/C20H21NO6S2/c1-3-25-20(22)19-15-10-17-18(27-12-26-17)11-16(15)21(8-9-28-19)29(23,24)14-6-4-13(2)5-7-14/h4-7,10-11,19H,3,8-9,12H2,1-2H3. The van der Waals surface area contributed by atoms with Crippen LogP contribution in [0, 0.1) is 6.92 Å². The van der Waals surface area contributed by atoms with Crippen molar-refractivity contribution in [1.82, 2.24) is 0 Å². The monoisotopic (exact) mass is 435 g/mol. The number of hydrogen-bond acceptors (Lipinski definition) is 7. The van der Waals surface area contributed by atoms with Crippen LogP contribution in [0.4, 0.5) is 5.69 Å². The van der Waals surface area contributed by atoms with Crippen LogP contribution in [0.15, 0.2) is 41.3 Å². The van der Waals surface area contributed by atoms with E-state index in [4.69, 9.17) is 14.2 Å². The fraction of sp³-hybridized carbons (Fsp3) is 0.350. The highest BCUT2D eigenvalue weighted by Crippen LogP contribution is 2.47. The molecule has 0 amide bonds. The van der Waals surface area contributed by atoms with Gasteiger partial charge in [-0.15, -0.1) is 11.8 Å². The van der Waals surface area contributed by atoms with E-state index >= 15 is 0 Å². The summed E-state index contributed by atoms with van der Waals surface area (Å²) >= 11 is 1.36. The number of carbonyl (C=O) groups excluding carboxylic acids is 1. The molecule has 154 valence electrons. The van der Waals surface area contributed by atoms with Crippen LogP contribution >= 0.6 is 11.8 Å². The summed E-state index contributed by atoms with van der Waals surface area (Å²) in [5.74, 6) is 0.998. The van der Waals surface area contributed by atoms with E-state index in [0.717, 1.165) is 5.56 Å². The number of benzene rings is 2. The lowest BCUT2D eigenvalue weighted by Gasteiger charge is -2.25. The first-order valence-corrected chi connectivity index (χ1v) is 11.7. The molecule has 0 spiro atoms. The number of hydrogen-bond donors (Lipinski definition) is 0. The minimum atomic E-state index is -3.82. The van der Waals surface area contributed by atoms with E-state index in [2.05, 4.69) is 0 Å². The smallest absolute Gasteiger partial charge is 0.323 e. The zero-order valence-corrected chi connectivity index (χ0v) is 17.7. The number of carbonyl (C=O) groups is 1. The van der Waals surface area contributed by atoms with Crippen molar-refractivity contribution in [2.24, 2.45) is 0 Å². The lowest BCUT2D eigenvalue weighted by Crippen LogP contribution is -2.33. The van der Waals surface area contributed by atoms with Gasteiger partial charge in [-0.2, -0.15) is 0 Å². The van der Waals surface area contributed by atoms with Gasteiger partial charge in [0.25, 0.3) is 10.0 Å². The molecule has 0 N–H and O–H groups in total. The van der Waals surface area contributed by atoms with Crippen molar-refractivity contribution in [3.63, 3.8) is 0 Å². The molecule has 1 unspecified atom stereocenters. The number of esters is 1. The van der Waals surface area contributed by atoms with Crippen LogP contribution in [0.2, 0.25) is 0 Å². The minimum Gasteiger partial charge on any atom is -0.465 e. The predicted molar refractivity (Wildman–Crippen MR) is 110 cm³/mol. The van der Waals surface area contributed by atoms with Gasteiger partial charge in [-0.1, -0.05) is 17.7 Å². The fourth-order valence-corrected chi connectivity index (χ4v) is 6.03. The van der Waals surface area contributed by atoms with Gasteiger partial charge in [0.05, 0.1) is 17.2 Å². The first kappa shape index (κ1) is 19.9. The summed E-state index contributed by atoms with van der Waals surface area (Å²) in [7, 11) is -3.82. The predicted octanol–water partition coefficient (Wildman–Crippen LogP) is 3.27. The molecular weight excluding hydrogens is 414 g/mol. The Morgan fingerprint density at radius 3 is 2.59 bits per heavy atom. The Morgan fingerprint density at radius 1 is 1.21 bits per heavy atom. The zero-order chi connectivity index (χ0) is 20.6. The van der Waals surface area contributed by atoms with Gasteiger partial charge in [0.15, 0.2) is 11.5 Å². The highest BCUT2D eigenvalue weighted by molar-refractivity contribution is 8.00. The van der Waals surface area contributed by atoms with Gasteiger partial charge in [0.1, 0.15) is 5.25 Å². The van der Waals surface area contributed by atoms with E-state index in [1.807, 2.05) is 6.92 Å². The van der Waals surface area contributed by atoms with Crippen LogP contribution in [0.5, 0.6) is 11.5 Å². The number of sulfonamides is 1. The second-order valence-electron chi connectivity index (χ2n) is 6.66. The zero-order valence-electron chi connectivity index (χ0n) is 16.1. The minimum absolute atomic E-state index is 0.0557. The second-order valence-corrected chi connectivity index (χ2v) is 9.73. The van der Waals surface area contributed by atoms with Crippen LogP contribution < -0.4 is 13.8 Å². The van der Waals surface area contributed by atoms with Gasteiger partial charge in [-0.25, -0.2) is 8.42 Å². The molecule has 0 fully saturated rings. The van der Waals surface area contributed by atoms with E-state index in [0.29, 0.717) is 28.5 Å². The Morgan fingerprint density at radius 2 is 1.90 bits per heavy atom. The van der Waals surface area contributed by atoms with E-state index in [-0.39, 0.29) is 24.8 Å². The maximum absolute atomic E-state index is 13.4. The Hall–Kier alpha value is -2.39. The van der Waals surface area contributed by atoms with Crippen molar-refractivity contribution in [3.8, 4) is 11.5 Å². The van der Waals surface area contributed by atoms with E-state index in [1.165, 1.54) is 16.1 Å². The quantitative estimate of drug-likeness (QED) is 0.682. The van der Waals surface area contributed by atoms with Gasteiger partial charge in [0, 0.05) is 23.9 Å². The lowest BCUT2D eigenvalue weighted by atomic mass is 10.1. The number of ether oxygens (including phenoxy) is 3. The van der Waals surface area contributed by atoms with Crippen molar-refractivity contribution in [2.45, 2.75) is 24.0 Å². The highest BCUT2D eigenvalue weighted by Gasteiger charge is 2.37. The second kappa shape index (κ2) is 7.79. The number of nitrogens with zero attached hydrogens (tertiary/aromatic N) is 1. The van der Waals surface area contributed by atoms with Crippen molar-refractivity contribution in [2.75, 3.05) is 30.0 Å². The van der Waals surface area contributed by atoms with Crippen molar-refractivity contribution in [1.29, 1.82) is 0 Å². The molecule has 9 heteroatoms. The fourth-order valence-electron chi connectivity index (χ4n) is 3.34. The summed E-state index contributed by atoms with van der Waals surface area (Å²) in [5.41, 5.74) is 1.94.